The summed E-state index contributed by atoms with van der Waals surface area (Å²) in [5, 5.41) is 12.0. The highest BCUT2D eigenvalue weighted by Gasteiger charge is 2.42. The van der Waals surface area contributed by atoms with E-state index in [1.165, 1.54) is 7.11 Å². The molecule has 0 spiro atoms. The van der Waals surface area contributed by atoms with Crippen molar-refractivity contribution in [2.45, 2.75) is 107 Å². The number of esters is 1. The molecule has 2 aromatic carbocycles. The minimum atomic E-state index is -4.18. The van der Waals surface area contributed by atoms with E-state index in [1.54, 1.807) is 30.3 Å². The first-order valence-corrected chi connectivity index (χ1v) is 30.5. The summed E-state index contributed by atoms with van der Waals surface area (Å²) in [7, 11) is -6.88. The summed E-state index contributed by atoms with van der Waals surface area (Å²) in [6.45, 7) is 3.65. The Kier molecular flexibility index (Phi) is 30.5. The number of nitrogens with one attached hydrogen (secondary N) is 4. The molecule has 2 aliphatic heterocycles. The van der Waals surface area contributed by atoms with Crippen molar-refractivity contribution in [1.29, 1.82) is 0 Å². The maximum Gasteiger partial charge on any atom is 0.315 e. The molecule has 4 amide bonds. The van der Waals surface area contributed by atoms with E-state index in [9.17, 15) is 36.0 Å². The van der Waals surface area contributed by atoms with E-state index in [4.69, 9.17) is 53.4 Å². The molecule has 0 aliphatic carbocycles. The van der Waals surface area contributed by atoms with Gasteiger partial charge in [0.25, 0.3) is 20.2 Å². The summed E-state index contributed by atoms with van der Waals surface area (Å²) in [5.74, 6) is 9.59. The standard InChI is InChI=1S/C53H76N4O18S3/c1-3-40-37-46(68-2)42(19-18-41-36-43(72-26-12-34-77(62,63)64)20-21-45(41)73-27-13-35-78(65,66)67)38-47(40)74-24-10-5-7-17-51(60)75-25-11-4-6-15-49(58)54-22-28-69-30-32-71-33-31-70-29-23-55-50(59)16-9-8-14-48-52-44(39-76-48)56-53(61)57-52/h1,20-21,36-38,44,48,52H,4-17,22-35,39H2,2H3,(H,54,58)(H,55,59)(H2,56,57,61)(H,62,63,64)(H,65,66,67)/t44-,48-,52-/m0/s1. The lowest BCUT2D eigenvalue weighted by Gasteiger charge is -2.16. The second-order valence-corrected chi connectivity index (χ2v) is 22.6. The minimum Gasteiger partial charge on any atom is -0.495 e. The van der Waals surface area contributed by atoms with Gasteiger partial charge in [0.2, 0.25) is 11.8 Å². The number of urea groups is 1. The van der Waals surface area contributed by atoms with Crippen LogP contribution < -0.4 is 40.2 Å². The van der Waals surface area contributed by atoms with Crippen LogP contribution in [0.2, 0.25) is 0 Å². The summed E-state index contributed by atoms with van der Waals surface area (Å²) >= 11 is 1.88. The number of carbonyl (C=O) groups is 4. The Morgan fingerprint density at radius 2 is 1.19 bits per heavy atom. The zero-order valence-electron chi connectivity index (χ0n) is 44.4. The lowest BCUT2D eigenvalue weighted by molar-refractivity contribution is -0.144. The summed E-state index contributed by atoms with van der Waals surface area (Å²) in [5.41, 5.74) is 1.19. The van der Waals surface area contributed by atoms with E-state index in [0.717, 1.165) is 31.4 Å². The lowest BCUT2D eigenvalue weighted by atomic mass is 10.0. The van der Waals surface area contributed by atoms with Crippen molar-refractivity contribution in [3.63, 3.8) is 0 Å². The third-order valence-electron chi connectivity index (χ3n) is 11.9. The van der Waals surface area contributed by atoms with Crippen molar-refractivity contribution in [2.24, 2.45) is 0 Å². The zero-order valence-corrected chi connectivity index (χ0v) is 46.8. The van der Waals surface area contributed by atoms with Crippen LogP contribution in [-0.2, 0) is 53.6 Å². The molecule has 0 aromatic heterocycles. The molecule has 0 bridgehead atoms. The van der Waals surface area contributed by atoms with E-state index in [-0.39, 0.29) is 80.7 Å². The molecule has 0 radical (unpaired) electrons. The van der Waals surface area contributed by atoms with Crippen LogP contribution in [0.4, 0.5) is 4.79 Å². The van der Waals surface area contributed by atoms with E-state index >= 15 is 0 Å². The Balaban J connectivity index is 0.985. The Bertz CT molecular complexity index is 2530. The molecule has 78 heavy (non-hydrogen) atoms. The number of hydrogen-bond donors (Lipinski definition) is 6. The molecule has 2 saturated heterocycles. The third-order valence-corrected chi connectivity index (χ3v) is 15.0. The fourth-order valence-corrected chi connectivity index (χ4v) is 10.5. The highest BCUT2D eigenvalue weighted by atomic mass is 32.2. The molecule has 2 fully saturated rings. The van der Waals surface area contributed by atoms with Crippen molar-refractivity contribution in [3.05, 3.63) is 47.0 Å². The maximum absolute atomic E-state index is 12.3. The van der Waals surface area contributed by atoms with Gasteiger partial charge in [-0.2, -0.15) is 28.6 Å². The molecule has 2 aliphatic rings. The Morgan fingerprint density at radius 3 is 1.82 bits per heavy atom. The summed E-state index contributed by atoms with van der Waals surface area (Å²) < 4.78 is 108. The first-order valence-electron chi connectivity index (χ1n) is 26.3. The van der Waals surface area contributed by atoms with Crippen LogP contribution >= 0.6 is 11.8 Å². The van der Waals surface area contributed by atoms with Crippen molar-refractivity contribution in [2.75, 3.05) is 104 Å². The number of rotatable bonds is 41. The summed E-state index contributed by atoms with van der Waals surface area (Å²) in [4.78, 5) is 48.2. The fraction of sp³-hybridized carbons (Fsp3) is 0.623. The molecular weight excluding hydrogens is 1080 g/mol. The van der Waals surface area contributed by atoms with Gasteiger partial charge in [0.1, 0.15) is 23.0 Å². The summed E-state index contributed by atoms with van der Waals surface area (Å²) in [6.07, 6.45) is 13.6. The van der Waals surface area contributed by atoms with Gasteiger partial charge in [0.15, 0.2) is 0 Å². The normalized spacial score (nSPS) is 15.7. The van der Waals surface area contributed by atoms with E-state index < -0.39 is 31.7 Å². The zero-order chi connectivity index (χ0) is 56.4. The molecule has 4 rings (SSSR count). The molecule has 3 atom stereocenters. The molecular formula is C53H76N4O18S3. The Labute approximate surface area is 463 Å². The summed E-state index contributed by atoms with van der Waals surface area (Å²) in [6, 6.07) is 8.25. The molecule has 2 aromatic rings. The molecule has 0 unspecified atom stereocenters. The average Bonchev–Trinajstić information content (AvgIpc) is 3.98. The van der Waals surface area contributed by atoms with Gasteiger partial charge >= 0.3 is 12.0 Å². The Morgan fingerprint density at radius 1 is 0.641 bits per heavy atom. The highest BCUT2D eigenvalue weighted by Crippen LogP contribution is 2.33. The highest BCUT2D eigenvalue weighted by molar-refractivity contribution is 8.00. The second-order valence-electron chi connectivity index (χ2n) is 18.2. The number of carbonyl (C=O) groups excluding carboxylic acids is 4. The molecule has 434 valence electrons. The second kappa shape index (κ2) is 36.6. The number of amides is 4. The SMILES string of the molecule is C#Cc1cc(OC)c(C#Cc2cc(OCCCS(=O)(=O)O)ccc2OCCCS(=O)(=O)O)cc1OCCCCCC(=O)OCCCCCC(=O)NCCOCCOCCOCCNC(=O)CCCC[C@@H]1SC[C@@H]2NC(=O)N[C@@H]21. The van der Waals surface area contributed by atoms with Gasteiger partial charge in [-0.1, -0.05) is 24.2 Å². The average molecular weight is 1150 g/mol. The van der Waals surface area contributed by atoms with Gasteiger partial charge in [0, 0.05) is 55.5 Å². The monoisotopic (exact) mass is 1150 g/mol. The van der Waals surface area contributed by atoms with Gasteiger partial charge in [-0.3, -0.25) is 23.5 Å². The van der Waals surface area contributed by atoms with Crippen LogP contribution in [0, 0.1) is 24.2 Å². The minimum absolute atomic E-state index is 0.00733. The lowest BCUT2D eigenvalue weighted by Crippen LogP contribution is -2.36. The van der Waals surface area contributed by atoms with Gasteiger partial charge in [-0.05, 0) is 82.4 Å². The van der Waals surface area contributed by atoms with Gasteiger partial charge in [-0.25, -0.2) is 4.79 Å². The van der Waals surface area contributed by atoms with E-state index in [2.05, 4.69) is 39.0 Å². The van der Waals surface area contributed by atoms with E-state index in [0.29, 0.717) is 143 Å². The van der Waals surface area contributed by atoms with Gasteiger partial charge < -0.3 is 59.2 Å². The number of terminal acetylenes is 1. The first kappa shape index (κ1) is 65.0. The van der Waals surface area contributed by atoms with Crippen LogP contribution in [0.1, 0.15) is 107 Å². The third kappa shape index (κ3) is 27.9. The van der Waals surface area contributed by atoms with Crippen LogP contribution in [0.25, 0.3) is 0 Å². The van der Waals surface area contributed by atoms with Crippen molar-refractivity contribution in [3.8, 4) is 47.2 Å². The topological polar surface area (TPSA) is 299 Å². The van der Waals surface area contributed by atoms with Crippen molar-refractivity contribution >= 4 is 55.8 Å². The van der Waals surface area contributed by atoms with Gasteiger partial charge in [-0.15, -0.1) is 6.42 Å². The van der Waals surface area contributed by atoms with Crippen LogP contribution in [-0.4, -0.2) is 171 Å². The predicted octanol–water partition coefficient (Wildman–Crippen LogP) is 4.44. The Hall–Kier alpha value is -5.51. The number of ether oxygens (including phenoxy) is 8. The number of methoxy groups -OCH3 is 1. The first-order chi connectivity index (χ1) is 37.5. The number of fused-ring (bicyclic) bond motifs is 1. The maximum atomic E-state index is 12.3. The largest absolute Gasteiger partial charge is 0.495 e. The van der Waals surface area contributed by atoms with E-state index in [1.807, 2.05) is 11.8 Å². The van der Waals surface area contributed by atoms with Crippen LogP contribution in [0.5, 0.6) is 23.0 Å². The number of unbranched alkanes of at least 4 members (excludes halogenated alkanes) is 5. The van der Waals surface area contributed by atoms with Crippen molar-refractivity contribution < 1.29 is 83.0 Å². The number of thioether (sulfide) groups is 1. The molecule has 6 N–H and O–H groups in total. The molecule has 2 heterocycles. The smallest absolute Gasteiger partial charge is 0.315 e. The van der Waals surface area contributed by atoms with Crippen molar-refractivity contribution in [1.82, 2.24) is 21.3 Å². The molecule has 25 heteroatoms. The van der Waals surface area contributed by atoms with Crippen LogP contribution in [0.15, 0.2) is 30.3 Å². The van der Waals surface area contributed by atoms with Gasteiger partial charge in [0.05, 0.1) is 113 Å². The molecule has 22 nitrogen and oxygen atoms in total. The van der Waals surface area contributed by atoms with Crippen LogP contribution in [0.3, 0.4) is 0 Å². The molecule has 0 saturated carbocycles. The fourth-order valence-electron chi connectivity index (χ4n) is 7.94. The predicted molar refractivity (Wildman–Crippen MR) is 292 cm³/mol. The number of benzene rings is 2. The number of hydrogen-bond acceptors (Lipinski definition) is 17. The quantitative estimate of drug-likeness (QED) is 0.0176.